The van der Waals surface area contributed by atoms with E-state index in [1.54, 1.807) is 12.1 Å². The molecular weight excluding hydrogens is 282 g/mol. The molecule has 0 unspecified atom stereocenters. The van der Waals surface area contributed by atoms with Crippen molar-refractivity contribution in [3.8, 4) is 0 Å². The summed E-state index contributed by atoms with van der Waals surface area (Å²) in [7, 11) is 0. The van der Waals surface area contributed by atoms with Crippen molar-refractivity contribution in [2.24, 2.45) is 5.84 Å². The second-order valence-electron chi connectivity index (χ2n) is 5.23. The quantitative estimate of drug-likeness (QED) is 0.406. The largest absolute Gasteiger partial charge is 0.272 e. The van der Waals surface area contributed by atoms with Crippen LogP contribution in [0.2, 0.25) is 0 Å². The number of nitro benzene ring substituents is 1. The number of benzene rings is 2. The highest BCUT2D eigenvalue weighted by molar-refractivity contribution is 6.05. The fourth-order valence-electron chi connectivity index (χ4n) is 2.00. The average molecular weight is 299 g/mol. The number of nitrogens with zero attached hydrogens (tertiary/aromatic N) is 2. The van der Waals surface area contributed by atoms with E-state index in [1.807, 2.05) is 12.1 Å². The zero-order valence-corrected chi connectivity index (χ0v) is 12.4. The van der Waals surface area contributed by atoms with Crippen LogP contribution in [0.25, 0.3) is 0 Å². The van der Waals surface area contributed by atoms with Gasteiger partial charge in [-0.05, 0) is 35.7 Å². The normalized spacial score (nSPS) is 10.5. The highest BCUT2D eigenvalue weighted by atomic mass is 16.6. The lowest BCUT2D eigenvalue weighted by molar-refractivity contribution is -0.384. The number of carbonyl (C=O) groups is 1. The van der Waals surface area contributed by atoms with Crippen molar-refractivity contribution in [3.05, 3.63) is 69.8 Å². The number of amides is 1. The number of hydrogen-bond donors (Lipinski definition) is 1. The Balaban J connectivity index is 2.19. The average Bonchev–Trinajstić information content (AvgIpc) is 2.53. The van der Waals surface area contributed by atoms with E-state index in [4.69, 9.17) is 5.84 Å². The third-order valence-electron chi connectivity index (χ3n) is 3.38. The van der Waals surface area contributed by atoms with Crippen LogP contribution >= 0.6 is 0 Å². The van der Waals surface area contributed by atoms with Gasteiger partial charge in [-0.2, -0.15) is 0 Å². The maximum Gasteiger partial charge on any atom is 0.272 e. The number of hydrazine groups is 1. The topological polar surface area (TPSA) is 89.5 Å². The summed E-state index contributed by atoms with van der Waals surface area (Å²) < 4.78 is 0. The van der Waals surface area contributed by atoms with Gasteiger partial charge in [0.1, 0.15) is 0 Å². The molecule has 0 radical (unpaired) electrons. The molecule has 0 aromatic heterocycles. The second kappa shape index (κ2) is 6.36. The van der Waals surface area contributed by atoms with Gasteiger partial charge in [0.05, 0.1) is 10.6 Å². The predicted molar refractivity (Wildman–Crippen MR) is 84.6 cm³/mol. The third-order valence-corrected chi connectivity index (χ3v) is 3.38. The molecule has 114 valence electrons. The van der Waals surface area contributed by atoms with E-state index in [1.165, 1.54) is 24.3 Å². The van der Waals surface area contributed by atoms with Crippen molar-refractivity contribution in [2.45, 2.75) is 19.8 Å². The van der Waals surface area contributed by atoms with E-state index in [0.29, 0.717) is 17.2 Å². The molecule has 0 bridgehead atoms. The summed E-state index contributed by atoms with van der Waals surface area (Å²) in [5, 5.41) is 11.6. The van der Waals surface area contributed by atoms with Crippen LogP contribution in [0.1, 0.15) is 35.7 Å². The predicted octanol–water partition coefficient (Wildman–Crippen LogP) is 3.24. The number of rotatable bonds is 4. The Labute approximate surface area is 128 Å². The SMILES string of the molecule is CC(C)c1ccc(N(N)C(=O)c2ccc([N+](=O)[O-])cc2)cc1. The first-order valence-electron chi connectivity index (χ1n) is 6.83. The smallest absolute Gasteiger partial charge is 0.267 e. The summed E-state index contributed by atoms with van der Waals surface area (Å²) in [6.07, 6.45) is 0. The summed E-state index contributed by atoms with van der Waals surface area (Å²) >= 11 is 0. The number of carbonyl (C=O) groups excluding carboxylic acids is 1. The summed E-state index contributed by atoms with van der Waals surface area (Å²) in [6, 6.07) is 12.7. The molecule has 1 amide bonds. The van der Waals surface area contributed by atoms with Crippen LogP contribution in [0.4, 0.5) is 11.4 Å². The van der Waals surface area contributed by atoms with Crippen LogP contribution < -0.4 is 10.9 Å². The van der Waals surface area contributed by atoms with Crippen LogP contribution in [-0.4, -0.2) is 10.8 Å². The first-order valence-corrected chi connectivity index (χ1v) is 6.83. The van der Waals surface area contributed by atoms with Crippen molar-refractivity contribution in [1.29, 1.82) is 0 Å². The highest BCUT2D eigenvalue weighted by Crippen LogP contribution is 2.20. The molecule has 0 aliphatic carbocycles. The number of nitro groups is 1. The molecule has 0 aliphatic rings. The molecule has 2 aromatic carbocycles. The molecule has 0 atom stereocenters. The first kappa shape index (κ1) is 15.7. The third kappa shape index (κ3) is 3.29. The van der Waals surface area contributed by atoms with Gasteiger partial charge in [0.2, 0.25) is 0 Å². The van der Waals surface area contributed by atoms with Crippen molar-refractivity contribution in [2.75, 3.05) is 5.01 Å². The summed E-state index contributed by atoms with van der Waals surface area (Å²) in [5.41, 5.74) is 1.94. The van der Waals surface area contributed by atoms with E-state index in [0.717, 1.165) is 10.6 Å². The zero-order valence-electron chi connectivity index (χ0n) is 12.4. The molecule has 6 heteroatoms. The van der Waals surface area contributed by atoms with E-state index < -0.39 is 10.8 Å². The van der Waals surface area contributed by atoms with Gasteiger partial charge in [0.25, 0.3) is 11.6 Å². The van der Waals surface area contributed by atoms with Crippen molar-refractivity contribution in [3.63, 3.8) is 0 Å². The lowest BCUT2D eigenvalue weighted by atomic mass is 10.0. The highest BCUT2D eigenvalue weighted by Gasteiger charge is 2.16. The molecule has 6 nitrogen and oxygen atoms in total. The lowest BCUT2D eigenvalue weighted by Gasteiger charge is -2.17. The minimum absolute atomic E-state index is 0.0681. The molecule has 0 heterocycles. The standard InChI is InChI=1S/C16H17N3O3/c1-11(2)12-3-7-14(8-4-12)18(17)16(20)13-5-9-15(10-6-13)19(21)22/h3-11H,17H2,1-2H3. The molecule has 0 aliphatic heterocycles. The summed E-state index contributed by atoms with van der Waals surface area (Å²) in [6.45, 7) is 4.16. The van der Waals surface area contributed by atoms with E-state index in [9.17, 15) is 14.9 Å². The monoisotopic (exact) mass is 299 g/mol. The van der Waals surface area contributed by atoms with Crippen LogP contribution in [0.15, 0.2) is 48.5 Å². The molecule has 0 spiro atoms. The molecular formula is C16H17N3O3. The van der Waals surface area contributed by atoms with Gasteiger partial charge in [-0.25, -0.2) is 10.9 Å². The molecule has 0 saturated heterocycles. The van der Waals surface area contributed by atoms with Crippen LogP contribution in [0.5, 0.6) is 0 Å². The zero-order chi connectivity index (χ0) is 16.3. The van der Waals surface area contributed by atoms with Gasteiger partial charge in [0.15, 0.2) is 0 Å². The Morgan fingerprint density at radius 2 is 1.64 bits per heavy atom. The second-order valence-corrected chi connectivity index (χ2v) is 5.23. The Bertz CT molecular complexity index is 679. The van der Waals surface area contributed by atoms with E-state index in [-0.39, 0.29) is 5.69 Å². The van der Waals surface area contributed by atoms with Crippen molar-refractivity contribution in [1.82, 2.24) is 0 Å². The first-order chi connectivity index (χ1) is 10.4. The van der Waals surface area contributed by atoms with Gasteiger partial charge in [-0.1, -0.05) is 26.0 Å². The van der Waals surface area contributed by atoms with E-state index in [2.05, 4.69) is 13.8 Å². The number of nitrogens with two attached hydrogens (primary N) is 1. The Morgan fingerprint density at radius 1 is 1.09 bits per heavy atom. The van der Waals surface area contributed by atoms with Crippen LogP contribution in [0.3, 0.4) is 0 Å². The molecule has 2 rings (SSSR count). The van der Waals surface area contributed by atoms with Gasteiger partial charge in [-0.3, -0.25) is 14.9 Å². The number of non-ortho nitro benzene ring substituents is 1. The van der Waals surface area contributed by atoms with Gasteiger partial charge in [-0.15, -0.1) is 0 Å². The lowest BCUT2D eigenvalue weighted by Crippen LogP contribution is -2.37. The fourth-order valence-corrected chi connectivity index (χ4v) is 2.00. The van der Waals surface area contributed by atoms with Crippen LogP contribution in [-0.2, 0) is 0 Å². The van der Waals surface area contributed by atoms with Crippen molar-refractivity contribution < 1.29 is 9.72 Å². The van der Waals surface area contributed by atoms with Crippen molar-refractivity contribution >= 4 is 17.3 Å². The Hall–Kier alpha value is -2.73. The maximum atomic E-state index is 12.3. The minimum atomic E-state index is -0.515. The van der Waals surface area contributed by atoms with Crippen LogP contribution in [0, 0.1) is 10.1 Å². The molecule has 0 saturated carbocycles. The number of anilines is 1. The van der Waals surface area contributed by atoms with Gasteiger partial charge < -0.3 is 0 Å². The Kier molecular flexibility index (Phi) is 4.53. The maximum absolute atomic E-state index is 12.3. The van der Waals surface area contributed by atoms with E-state index >= 15 is 0 Å². The van der Waals surface area contributed by atoms with Gasteiger partial charge in [0, 0.05) is 17.7 Å². The number of hydrogen-bond acceptors (Lipinski definition) is 4. The summed E-state index contributed by atoms with van der Waals surface area (Å²) in [5.74, 6) is 5.81. The summed E-state index contributed by atoms with van der Waals surface area (Å²) in [4.78, 5) is 22.4. The molecule has 2 N–H and O–H groups in total. The Morgan fingerprint density at radius 3 is 2.09 bits per heavy atom. The molecule has 0 fully saturated rings. The fraction of sp³-hybridized carbons (Fsp3) is 0.188. The molecule has 22 heavy (non-hydrogen) atoms. The minimum Gasteiger partial charge on any atom is -0.267 e. The molecule has 2 aromatic rings. The van der Waals surface area contributed by atoms with Gasteiger partial charge >= 0.3 is 0 Å².